The number of unbranched alkanes of at least 4 members (excludes halogenated alkanes) is 1. The van der Waals surface area contributed by atoms with E-state index < -0.39 is 18.1 Å². The van der Waals surface area contributed by atoms with Gasteiger partial charge in [-0.3, -0.25) is 4.90 Å². The second kappa shape index (κ2) is 9.08. The van der Waals surface area contributed by atoms with Crippen LogP contribution in [0.4, 0.5) is 10.5 Å². The summed E-state index contributed by atoms with van der Waals surface area (Å²) in [5, 5.41) is 1.71. The van der Waals surface area contributed by atoms with Crippen LogP contribution in [0.1, 0.15) is 26.7 Å². The molecule has 1 atom stereocenters. The summed E-state index contributed by atoms with van der Waals surface area (Å²) in [6.07, 6.45) is 1.04. The highest BCUT2D eigenvalue weighted by molar-refractivity contribution is 6.07. The number of fused-ring (bicyclic) bond motifs is 1. The van der Waals surface area contributed by atoms with Gasteiger partial charge in [0, 0.05) is 5.39 Å². The van der Waals surface area contributed by atoms with Crippen LogP contribution in [0.3, 0.4) is 0 Å². The maximum absolute atomic E-state index is 12.8. The van der Waals surface area contributed by atoms with Gasteiger partial charge in [0.25, 0.3) is 0 Å². The highest BCUT2D eigenvalue weighted by atomic mass is 16.6. The predicted molar refractivity (Wildman–Crippen MR) is 101 cm³/mol. The summed E-state index contributed by atoms with van der Waals surface area (Å²) in [5.74, 6) is -0.0562. The van der Waals surface area contributed by atoms with Crippen molar-refractivity contribution < 1.29 is 23.8 Å². The molecule has 6 nitrogen and oxygen atoms in total. The number of hydrogen-bond acceptors (Lipinski definition) is 5. The zero-order valence-electron chi connectivity index (χ0n) is 15.7. The second-order valence-corrected chi connectivity index (χ2v) is 5.87. The SMILES string of the molecule is CCCCOC(=O)N(c1c(OC)ccc2ccccc12)[C@@H](C)C(=O)OC. The molecule has 26 heavy (non-hydrogen) atoms. The van der Waals surface area contributed by atoms with Gasteiger partial charge < -0.3 is 14.2 Å². The number of benzene rings is 2. The van der Waals surface area contributed by atoms with E-state index in [-0.39, 0.29) is 6.61 Å². The minimum atomic E-state index is -0.867. The highest BCUT2D eigenvalue weighted by Crippen LogP contribution is 2.38. The van der Waals surface area contributed by atoms with Gasteiger partial charge in [-0.15, -0.1) is 0 Å². The van der Waals surface area contributed by atoms with E-state index in [1.807, 2.05) is 37.3 Å². The Bertz CT molecular complexity index is 774. The number of anilines is 1. The first-order valence-electron chi connectivity index (χ1n) is 8.64. The number of carbonyl (C=O) groups excluding carboxylic acids is 2. The van der Waals surface area contributed by atoms with Crippen molar-refractivity contribution in [1.29, 1.82) is 0 Å². The lowest BCUT2D eigenvalue weighted by Gasteiger charge is -2.29. The van der Waals surface area contributed by atoms with E-state index in [1.165, 1.54) is 19.1 Å². The Morgan fingerprint density at radius 3 is 2.50 bits per heavy atom. The third-order valence-corrected chi connectivity index (χ3v) is 4.17. The molecular formula is C20H25NO5. The Labute approximate surface area is 153 Å². The monoisotopic (exact) mass is 359 g/mol. The maximum Gasteiger partial charge on any atom is 0.415 e. The Kier molecular flexibility index (Phi) is 6.83. The third-order valence-electron chi connectivity index (χ3n) is 4.17. The van der Waals surface area contributed by atoms with Crippen LogP contribution in [0.25, 0.3) is 10.8 Å². The number of amides is 1. The number of hydrogen-bond donors (Lipinski definition) is 0. The van der Waals surface area contributed by atoms with Crippen LogP contribution < -0.4 is 9.64 Å². The van der Waals surface area contributed by atoms with Crippen molar-refractivity contribution in [2.24, 2.45) is 0 Å². The molecule has 0 unspecified atom stereocenters. The Morgan fingerprint density at radius 1 is 1.12 bits per heavy atom. The van der Waals surface area contributed by atoms with Crippen LogP contribution in [-0.2, 0) is 14.3 Å². The van der Waals surface area contributed by atoms with Crippen LogP contribution >= 0.6 is 0 Å². The van der Waals surface area contributed by atoms with Gasteiger partial charge in [-0.25, -0.2) is 9.59 Å². The van der Waals surface area contributed by atoms with Crippen LogP contribution in [0.5, 0.6) is 5.75 Å². The topological polar surface area (TPSA) is 65.1 Å². The zero-order chi connectivity index (χ0) is 19.1. The lowest BCUT2D eigenvalue weighted by molar-refractivity contribution is -0.141. The normalized spacial score (nSPS) is 11.7. The molecule has 1 amide bonds. The summed E-state index contributed by atoms with van der Waals surface area (Å²) in [5.41, 5.74) is 0.491. The molecule has 0 aliphatic rings. The molecule has 0 spiro atoms. The van der Waals surface area contributed by atoms with Gasteiger partial charge in [0.1, 0.15) is 11.8 Å². The van der Waals surface area contributed by atoms with Crippen molar-refractivity contribution in [3.8, 4) is 5.75 Å². The van der Waals surface area contributed by atoms with Gasteiger partial charge >= 0.3 is 12.1 Å². The first-order valence-corrected chi connectivity index (χ1v) is 8.64. The highest BCUT2D eigenvalue weighted by Gasteiger charge is 2.32. The fourth-order valence-corrected chi connectivity index (χ4v) is 2.74. The molecule has 6 heteroatoms. The Hall–Kier alpha value is -2.76. The van der Waals surface area contributed by atoms with E-state index in [1.54, 1.807) is 13.0 Å². The van der Waals surface area contributed by atoms with Crippen LogP contribution in [0.15, 0.2) is 36.4 Å². The first-order chi connectivity index (χ1) is 12.5. The summed E-state index contributed by atoms with van der Waals surface area (Å²) in [6.45, 7) is 3.90. The Balaban J connectivity index is 2.59. The van der Waals surface area contributed by atoms with Gasteiger partial charge in [0.2, 0.25) is 0 Å². The zero-order valence-corrected chi connectivity index (χ0v) is 15.7. The fourth-order valence-electron chi connectivity index (χ4n) is 2.74. The number of esters is 1. The van der Waals surface area contributed by atoms with E-state index in [0.717, 1.165) is 23.6 Å². The molecule has 2 aromatic rings. The van der Waals surface area contributed by atoms with Gasteiger partial charge in [0.15, 0.2) is 0 Å². The lowest BCUT2D eigenvalue weighted by atomic mass is 10.1. The summed E-state index contributed by atoms with van der Waals surface area (Å²) in [6, 6.07) is 10.4. The van der Waals surface area contributed by atoms with Gasteiger partial charge in [-0.2, -0.15) is 0 Å². The molecule has 0 aliphatic heterocycles. The number of carbonyl (C=O) groups is 2. The lowest BCUT2D eigenvalue weighted by Crippen LogP contribution is -2.44. The van der Waals surface area contributed by atoms with E-state index in [4.69, 9.17) is 14.2 Å². The van der Waals surface area contributed by atoms with Gasteiger partial charge in [-0.1, -0.05) is 43.7 Å². The predicted octanol–water partition coefficient (Wildman–Crippen LogP) is 4.15. The van der Waals surface area contributed by atoms with E-state index in [0.29, 0.717) is 11.4 Å². The quantitative estimate of drug-likeness (QED) is 0.549. The molecule has 2 aromatic carbocycles. The van der Waals surface area contributed by atoms with E-state index in [9.17, 15) is 9.59 Å². The average molecular weight is 359 g/mol. The minimum absolute atomic E-state index is 0.285. The van der Waals surface area contributed by atoms with Crippen molar-refractivity contribution in [2.45, 2.75) is 32.7 Å². The summed E-state index contributed by atoms with van der Waals surface area (Å²) in [7, 11) is 2.82. The second-order valence-electron chi connectivity index (χ2n) is 5.87. The van der Waals surface area contributed by atoms with Crippen LogP contribution in [0, 0.1) is 0 Å². The summed E-state index contributed by atoms with van der Waals surface area (Å²) < 4.78 is 15.7. The molecular weight excluding hydrogens is 334 g/mol. The first kappa shape index (κ1) is 19.6. The van der Waals surface area contributed by atoms with Gasteiger partial charge in [0.05, 0.1) is 26.5 Å². The smallest absolute Gasteiger partial charge is 0.415 e. The summed E-state index contributed by atoms with van der Waals surface area (Å²) >= 11 is 0. The molecule has 0 radical (unpaired) electrons. The molecule has 2 rings (SSSR count). The van der Waals surface area contributed by atoms with Crippen LogP contribution in [-0.4, -0.2) is 38.9 Å². The number of rotatable bonds is 7. The van der Waals surface area contributed by atoms with E-state index in [2.05, 4.69) is 0 Å². The number of methoxy groups -OCH3 is 2. The standard InChI is InChI=1S/C20H25NO5/c1-5-6-13-26-20(23)21(14(2)19(22)25-4)18-16-10-8-7-9-15(16)11-12-17(18)24-3/h7-12,14H,5-6,13H2,1-4H3/t14-/m0/s1. The molecule has 0 saturated carbocycles. The molecule has 0 fully saturated rings. The Morgan fingerprint density at radius 2 is 1.85 bits per heavy atom. The van der Waals surface area contributed by atoms with Crippen molar-refractivity contribution in [1.82, 2.24) is 0 Å². The van der Waals surface area contributed by atoms with Gasteiger partial charge in [-0.05, 0) is 24.8 Å². The van der Waals surface area contributed by atoms with Crippen LogP contribution in [0.2, 0.25) is 0 Å². The van der Waals surface area contributed by atoms with E-state index >= 15 is 0 Å². The molecule has 0 aromatic heterocycles. The molecule has 140 valence electrons. The fraction of sp³-hybridized carbons (Fsp3) is 0.400. The third kappa shape index (κ3) is 4.07. The molecule has 0 N–H and O–H groups in total. The van der Waals surface area contributed by atoms with Crippen molar-refractivity contribution in [3.05, 3.63) is 36.4 Å². The molecule has 0 heterocycles. The maximum atomic E-state index is 12.8. The molecule has 0 aliphatic carbocycles. The average Bonchev–Trinajstić information content (AvgIpc) is 2.67. The summed E-state index contributed by atoms with van der Waals surface area (Å²) in [4.78, 5) is 26.3. The minimum Gasteiger partial charge on any atom is -0.495 e. The van der Waals surface area contributed by atoms with Crippen molar-refractivity contribution in [2.75, 3.05) is 25.7 Å². The molecule has 0 bridgehead atoms. The number of ether oxygens (including phenoxy) is 3. The molecule has 0 saturated heterocycles. The number of nitrogens with zero attached hydrogens (tertiary/aromatic N) is 1. The van der Waals surface area contributed by atoms with Crippen molar-refractivity contribution in [3.63, 3.8) is 0 Å². The van der Waals surface area contributed by atoms with Crippen molar-refractivity contribution >= 4 is 28.5 Å². The largest absolute Gasteiger partial charge is 0.495 e.